The van der Waals surface area contributed by atoms with Crippen molar-refractivity contribution in [3.05, 3.63) is 48.6 Å². The van der Waals surface area contributed by atoms with Gasteiger partial charge in [-0.05, 0) is 12.1 Å². The van der Waals surface area contributed by atoms with Crippen LogP contribution in [0.2, 0.25) is 0 Å². The molecule has 0 saturated heterocycles. The standard InChI is InChI=1S/C16H19N3O2/c1-16(2,3)15(20)9-14(19-11-17-10-18-19)12-6-5-7-13(8-12)21-4/h5-11H,1-4H3/b14-9-. The minimum Gasteiger partial charge on any atom is -0.497 e. The average Bonchev–Trinajstić information content (AvgIpc) is 2.97. The van der Waals surface area contributed by atoms with Crippen molar-refractivity contribution in [2.75, 3.05) is 7.11 Å². The van der Waals surface area contributed by atoms with Crippen LogP contribution in [0.3, 0.4) is 0 Å². The van der Waals surface area contributed by atoms with Crippen LogP contribution in [0.15, 0.2) is 43.0 Å². The predicted molar refractivity (Wildman–Crippen MR) is 80.9 cm³/mol. The Morgan fingerprint density at radius 2 is 2.10 bits per heavy atom. The van der Waals surface area contributed by atoms with Crippen LogP contribution < -0.4 is 4.74 Å². The molecule has 5 heteroatoms. The topological polar surface area (TPSA) is 57.0 Å². The van der Waals surface area contributed by atoms with Crippen molar-refractivity contribution < 1.29 is 9.53 Å². The van der Waals surface area contributed by atoms with Crippen molar-refractivity contribution in [2.24, 2.45) is 5.41 Å². The number of ether oxygens (including phenoxy) is 1. The fraction of sp³-hybridized carbons (Fsp3) is 0.312. The Hall–Kier alpha value is -2.43. The van der Waals surface area contributed by atoms with Crippen molar-refractivity contribution in [1.82, 2.24) is 14.8 Å². The van der Waals surface area contributed by atoms with E-state index in [0.717, 1.165) is 11.3 Å². The maximum absolute atomic E-state index is 12.3. The molecule has 0 unspecified atom stereocenters. The Kier molecular flexibility index (Phi) is 4.21. The largest absolute Gasteiger partial charge is 0.497 e. The first kappa shape index (κ1) is 15.0. The molecule has 21 heavy (non-hydrogen) atoms. The van der Waals surface area contributed by atoms with Crippen molar-refractivity contribution >= 4 is 11.5 Å². The first-order chi connectivity index (χ1) is 9.91. The number of hydrogen-bond donors (Lipinski definition) is 0. The molecule has 0 aliphatic heterocycles. The van der Waals surface area contributed by atoms with Gasteiger partial charge in [0.15, 0.2) is 5.78 Å². The first-order valence-electron chi connectivity index (χ1n) is 6.67. The molecule has 0 atom stereocenters. The quantitative estimate of drug-likeness (QED) is 0.811. The minimum absolute atomic E-state index is 0.0239. The number of rotatable bonds is 4. The third-order valence-corrected chi connectivity index (χ3v) is 3.04. The first-order valence-corrected chi connectivity index (χ1v) is 6.67. The van der Waals surface area contributed by atoms with Gasteiger partial charge >= 0.3 is 0 Å². The highest BCUT2D eigenvalue weighted by Crippen LogP contribution is 2.24. The highest BCUT2D eigenvalue weighted by atomic mass is 16.5. The average molecular weight is 285 g/mol. The van der Waals surface area contributed by atoms with Crippen molar-refractivity contribution in [1.29, 1.82) is 0 Å². The Labute approximate surface area is 124 Å². The van der Waals surface area contributed by atoms with Crippen LogP contribution in [0.25, 0.3) is 5.70 Å². The summed E-state index contributed by atoms with van der Waals surface area (Å²) < 4.78 is 6.82. The lowest BCUT2D eigenvalue weighted by Crippen LogP contribution is -2.18. The Balaban J connectivity index is 2.52. The molecule has 0 bridgehead atoms. The molecule has 5 nitrogen and oxygen atoms in total. The molecule has 0 aliphatic rings. The summed E-state index contributed by atoms with van der Waals surface area (Å²) in [5, 5.41) is 4.13. The maximum atomic E-state index is 12.3. The minimum atomic E-state index is -0.454. The van der Waals surface area contributed by atoms with Crippen LogP contribution >= 0.6 is 0 Å². The lowest BCUT2D eigenvalue weighted by molar-refractivity contribution is -0.121. The lowest BCUT2D eigenvalue weighted by atomic mass is 9.90. The molecule has 0 fully saturated rings. The van der Waals surface area contributed by atoms with Crippen molar-refractivity contribution in [3.63, 3.8) is 0 Å². The molecular weight excluding hydrogens is 266 g/mol. The molecular formula is C16H19N3O2. The van der Waals surface area contributed by atoms with E-state index in [1.54, 1.807) is 24.2 Å². The number of nitrogens with zero attached hydrogens (tertiary/aromatic N) is 3. The summed E-state index contributed by atoms with van der Waals surface area (Å²) in [5.74, 6) is 0.748. The van der Waals surface area contributed by atoms with Crippen LogP contribution in [0, 0.1) is 5.41 Å². The van der Waals surface area contributed by atoms with E-state index in [1.807, 2.05) is 45.0 Å². The summed E-state index contributed by atoms with van der Waals surface area (Å²) in [5.41, 5.74) is 1.06. The highest BCUT2D eigenvalue weighted by Gasteiger charge is 2.21. The Bertz CT molecular complexity index is 652. The van der Waals surface area contributed by atoms with E-state index < -0.39 is 5.41 Å². The number of hydrogen-bond acceptors (Lipinski definition) is 4. The second-order valence-corrected chi connectivity index (χ2v) is 5.72. The zero-order valence-corrected chi connectivity index (χ0v) is 12.7. The van der Waals surface area contributed by atoms with Crippen LogP contribution in [0.1, 0.15) is 26.3 Å². The van der Waals surface area contributed by atoms with E-state index in [-0.39, 0.29) is 5.78 Å². The number of aromatic nitrogens is 3. The SMILES string of the molecule is COc1cccc(/C(=C/C(=O)C(C)(C)C)n2cncn2)c1. The molecule has 0 spiro atoms. The molecule has 1 aromatic carbocycles. The Morgan fingerprint density at radius 3 is 2.67 bits per heavy atom. The molecule has 2 aromatic rings. The van der Waals surface area contributed by atoms with E-state index >= 15 is 0 Å². The monoisotopic (exact) mass is 285 g/mol. The predicted octanol–water partition coefficient (Wildman–Crippen LogP) is 2.79. The van der Waals surface area contributed by atoms with E-state index in [1.165, 1.54) is 6.33 Å². The number of allylic oxidation sites excluding steroid dienone is 1. The number of methoxy groups -OCH3 is 1. The second-order valence-electron chi connectivity index (χ2n) is 5.72. The summed E-state index contributed by atoms with van der Waals surface area (Å²) in [4.78, 5) is 16.3. The third-order valence-electron chi connectivity index (χ3n) is 3.04. The summed E-state index contributed by atoms with van der Waals surface area (Å²) in [7, 11) is 1.61. The fourth-order valence-corrected chi connectivity index (χ4v) is 1.74. The number of ketones is 1. The molecule has 0 amide bonds. The second kappa shape index (κ2) is 5.91. The van der Waals surface area contributed by atoms with Crippen LogP contribution in [0.4, 0.5) is 0 Å². The van der Waals surface area contributed by atoms with Gasteiger partial charge in [0.1, 0.15) is 18.4 Å². The maximum Gasteiger partial charge on any atom is 0.163 e. The van der Waals surface area contributed by atoms with Gasteiger partial charge in [-0.15, -0.1) is 0 Å². The van der Waals surface area contributed by atoms with E-state index in [9.17, 15) is 4.79 Å². The summed E-state index contributed by atoms with van der Waals surface area (Å²) in [6.07, 6.45) is 4.61. The molecule has 2 rings (SSSR count). The summed E-state index contributed by atoms with van der Waals surface area (Å²) in [6.45, 7) is 5.66. The smallest absolute Gasteiger partial charge is 0.163 e. The molecule has 110 valence electrons. The number of carbonyl (C=O) groups excluding carboxylic acids is 1. The normalized spacial score (nSPS) is 12.3. The zero-order chi connectivity index (χ0) is 15.5. The molecule has 0 saturated carbocycles. The van der Waals surface area contributed by atoms with Gasteiger partial charge in [-0.25, -0.2) is 9.67 Å². The summed E-state index contributed by atoms with van der Waals surface area (Å²) >= 11 is 0. The van der Waals surface area contributed by atoms with Gasteiger partial charge in [0.2, 0.25) is 0 Å². The Morgan fingerprint density at radius 1 is 1.33 bits per heavy atom. The molecule has 0 aliphatic carbocycles. The zero-order valence-electron chi connectivity index (χ0n) is 12.7. The van der Waals surface area contributed by atoms with Gasteiger partial charge in [0.05, 0.1) is 12.8 Å². The van der Waals surface area contributed by atoms with Crippen molar-refractivity contribution in [2.45, 2.75) is 20.8 Å². The van der Waals surface area contributed by atoms with Crippen LogP contribution in [-0.4, -0.2) is 27.7 Å². The van der Waals surface area contributed by atoms with Gasteiger partial charge in [-0.1, -0.05) is 32.9 Å². The van der Waals surface area contributed by atoms with E-state index in [0.29, 0.717) is 5.70 Å². The number of carbonyl (C=O) groups is 1. The molecule has 1 aromatic heterocycles. The van der Waals surface area contributed by atoms with Gasteiger partial charge in [-0.2, -0.15) is 5.10 Å². The van der Waals surface area contributed by atoms with Crippen molar-refractivity contribution in [3.8, 4) is 5.75 Å². The molecule has 0 N–H and O–H groups in total. The summed E-state index contributed by atoms with van der Waals surface area (Å²) in [6, 6.07) is 7.50. The number of benzene rings is 1. The van der Waals surface area contributed by atoms with Gasteiger partial charge in [0, 0.05) is 17.1 Å². The van der Waals surface area contributed by atoms with E-state index in [4.69, 9.17) is 4.74 Å². The van der Waals surface area contributed by atoms with Crippen LogP contribution in [-0.2, 0) is 4.79 Å². The van der Waals surface area contributed by atoms with E-state index in [2.05, 4.69) is 10.1 Å². The van der Waals surface area contributed by atoms with Gasteiger partial charge in [0.25, 0.3) is 0 Å². The van der Waals surface area contributed by atoms with Gasteiger partial charge < -0.3 is 4.74 Å². The molecule has 0 radical (unpaired) electrons. The molecule has 1 heterocycles. The fourth-order valence-electron chi connectivity index (χ4n) is 1.74. The van der Waals surface area contributed by atoms with Crippen LogP contribution in [0.5, 0.6) is 5.75 Å². The highest BCUT2D eigenvalue weighted by molar-refractivity contribution is 5.99. The van der Waals surface area contributed by atoms with Gasteiger partial charge in [-0.3, -0.25) is 4.79 Å². The third kappa shape index (κ3) is 3.56. The lowest BCUT2D eigenvalue weighted by Gasteiger charge is -2.15.